The molecule has 38 heavy (non-hydrogen) atoms. The van der Waals surface area contributed by atoms with Crippen molar-refractivity contribution < 1.29 is 45.0 Å². The number of fused-ring (bicyclic) bond motifs is 1. The van der Waals surface area contributed by atoms with Crippen molar-refractivity contribution in [2.45, 2.75) is 31.3 Å². The van der Waals surface area contributed by atoms with E-state index in [0.29, 0.717) is 5.39 Å². The zero-order valence-corrected chi connectivity index (χ0v) is 19.4. The Labute approximate surface area is 211 Å². The van der Waals surface area contributed by atoms with Gasteiger partial charge in [0.25, 0.3) is 5.95 Å². The maximum atomic E-state index is 13.0. The normalized spacial score (nSPS) is 13.5. The first-order chi connectivity index (χ1) is 17.8. The van der Waals surface area contributed by atoms with Crippen LogP contribution in [0.5, 0.6) is 17.4 Å². The summed E-state index contributed by atoms with van der Waals surface area (Å²) in [5.74, 6) is -1.79. The predicted molar refractivity (Wildman–Crippen MR) is 123 cm³/mol. The van der Waals surface area contributed by atoms with Gasteiger partial charge in [-0.25, -0.2) is 0 Å². The molecule has 5 nitrogen and oxygen atoms in total. The lowest BCUT2D eigenvalue weighted by atomic mass is 9.92. The highest BCUT2D eigenvalue weighted by atomic mass is 19.4. The molecule has 1 aromatic heterocycles. The summed E-state index contributed by atoms with van der Waals surface area (Å²) in [6.45, 7) is 1.37. The number of nitriles is 1. The van der Waals surface area contributed by atoms with Crippen molar-refractivity contribution in [3.05, 3.63) is 89.5 Å². The fourth-order valence-electron chi connectivity index (χ4n) is 3.63. The summed E-state index contributed by atoms with van der Waals surface area (Å²) in [5, 5.41) is 9.86. The van der Waals surface area contributed by atoms with Crippen LogP contribution in [0.3, 0.4) is 0 Å². The number of halogens is 6. The Kier molecular flexibility index (Phi) is 7.09. The number of ether oxygens (including phenoxy) is 2. The minimum atomic E-state index is -4.63. The summed E-state index contributed by atoms with van der Waals surface area (Å²) in [6, 6.07) is 16.0. The van der Waals surface area contributed by atoms with Gasteiger partial charge in [-0.2, -0.15) is 31.6 Å². The van der Waals surface area contributed by atoms with E-state index in [2.05, 4.69) is 0 Å². The summed E-state index contributed by atoms with van der Waals surface area (Å²) >= 11 is 0. The lowest BCUT2D eigenvalue weighted by molar-refractivity contribution is -0.138. The molecule has 0 amide bonds. The molecule has 0 N–H and O–H groups in total. The number of Topliss-reactive ketones (excluding diaryl/α,β-unsaturated/α-hetero) is 1. The average molecular weight is 533 g/mol. The van der Waals surface area contributed by atoms with Crippen molar-refractivity contribution in [2.75, 3.05) is 0 Å². The maximum absolute atomic E-state index is 13.0. The number of furan rings is 1. The maximum Gasteiger partial charge on any atom is 0.416 e. The summed E-state index contributed by atoms with van der Waals surface area (Å²) in [5.41, 5.74) is -1.94. The molecule has 0 saturated carbocycles. The Hall–Kier alpha value is -4.46. The number of benzene rings is 3. The largest absolute Gasteiger partial charge is 0.483 e. The molecule has 3 aromatic carbocycles. The van der Waals surface area contributed by atoms with Gasteiger partial charge < -0.3 is 13.9 Å². The van der Waals surface area contributed by atoms with Crippen LogP contribution in [0, 0.1) is 11.3 Å². The Morgan fingerprint density at radius 1 is 0.868 bits per heavy atom. The van der Waals surface area contributed by atoms with Crippen LogP contribution < -0.4 is 9.47 Å². The van der Waals surface area contributed by atoms with E-state index in [4.69, 9.17) is 13.9 Å². The number of nitrogens with zero attached hydrogens (tertiary/aromatic N) is 1. The van der Waals surface area contributed by atoms with E-state index in [0.717, 1.165) is 30.3 Å². The van der Waals surface area contributed by atoms with Crippen molar-refractivity contribution in [3.8, 4) is 23.5 Å². The number of hydrogen-bond acceptors (Lipinski definition) is 5. The fraction of sp³-hybridized carbons (Fsp3) is 0.185. The number of ketones is 1. The minimum absolute atomic E-state index is 0.00469. The van der Waals surface area contributed by atoms with Crippen LogP contribution in [-0.4, -0.2) is 11.9 Å². The van der Waals surface area contributed by atoms with Gasteiger partial charge in [-0.05, 0) is 55.0 Å². The first-order valence-corrected chi connectivity index (χ1v) is 11.0. The van der Waals surface area contributed by atoms with E-state index >= 15 is 0 Å². The Bertz CT molecular complexity index is 1500. The van der Waals surface area contributed by atoms with Gasteiger partial charge in [-0.3, -0.25) is 4.79 Å². The third-order valence-electron chi connectivity index (χ3n) is 5.54. The molecule has 1 heterocycles. The zero-order valence-electron chi connectivity index (χ0n) is 19.4. The molecule has 2 atom stereocenters. The van der Waals surface area contributed by atoms with Crippen LogP contribution in [0.25, 0.3) is 11.0 Å². The molecule has 11 heteroatoms. The monoisotopic (exact) mass is 533 g/mol. The molecule has 0 aliphatic heterocycles. The van der Waals surface area contributed by atoms with E-state index in [-0.39, 0.29) is 28.6 Å². The van der Waals surface area contributed by atoms with Crippen LogP contribution in [0.2, 0.25) is 0 Å². The third kappa shape index (κ3) is 5.91. The number of alkyl halides is 6. The molecule has 0 saturated heterocycles. The van der Waals surface area contributed by atoms with Gasteiger partial charge in [0, 0.05) is 11.5 Å². The molecule has 196 valence electrons. The van der Waals surface area contributed by atoms with Crippen molar-refractivity contribution in [3.63, 3.8) is 0 Å². The van der Waals surface area contributed by atoms with E-state index in [9.17, 15) is 36.4 Å². The minimum Gasteiger partial charge on any atom is -0.483 e. The molecular weight excluding hydrogens is 516 g/mol. The summed E-state index contributed by atoms with van der Waals surface area (Å²) in [4.78, 5) is 12.8. The standard InChI is InChI=1S/C27H17F6NO4/c1-15(25(35)22(14-34)16-3-2-4-18(11-16)26(28,29)30)36-20-7-9-21(10-8-20)37-24-12-17-5-6-19(27(31,32)33)13-23(17)38-24/h2-13,15,22H,1H3. The first kappa shape index (κ1) is 26.6. The lowest BCUT2D eigenvalue weighted by Gasteiger charge is -2.18. The molecule has 0 radical (unpaired) electrons. The van der Waals surface area contributed by atoms with Gasteiger partial charge in [0.15, 0.2) is 11.9 Å². The summed E-state index contributed by atoms with van der Waals surface area (Å²) < 4.78 is 94.2. The fourth-order valence-corrected chi connectivity index (χ4v) is 3.63. The number of carbonyl (C=O) groups excluding carboxylic acids is 1. The van der Waals surface area contributed by atoms with Crippen LogP contribution >= 0.6 is 0 Å². The third-order valence-corrected chi connectivity index (χ3v) is 5.54. The molecule has 0 bridgehead atoms. The van der Waals surface area contributed by atoms with Crippen LogP contribution in [0.1, 0.15) is 29.5 Å². The van der Waals surface area contributed by atoms with Gasteiger partial charge in [0.1, 0.15) is 23.0 Å². The average Bonchev–Trinajstić information content (AvgIpc) is 3.26. The van der Waals surface area contributed by atoms with Crippen molar-refractivity contribution in [2.24, 2.45) is 0 Å². The van der Waals surface area contributed by atoms with Gasteiger partial charge in [0.2, 0.25) is 0 Å². The molecule has 4 rings (SSSR count). The zero-order chi connectivity index (χ0) is 27.7. The first-order valence-electron chi connectivity index (χ1n) is 11.0. The van der Waals surface area contributed by atoms with E-state index in [1.165, 1.54) is 49.4 Å². The quantitative estimate of drug-likeness (QED) is 0.226. The molecule has 0 spiro atoms. The lowest BCUT2D eigenvalue weighted by Crippen LogP contribution is -2.29. The highest BCUT2D eigenvalue weighted by Crippen LogP contribution is 2.35. The van der Waals surface area contributed by atoms with Gasteiger partial charge in [0.05, 0.1) is 17.2 Å². The molecule has 4 aromatic rings. The number of carbonyl (C=O) groups is 1. The van der Waals surface area contributed by atoms with Crippen LogP contribution in [0.4, 0.5) is 26.3 Å². The number of hydrogen-bond donors (Lipinski definition) is 0. The van der Waals surface area contributed by atoms with Gasteiger partial charge in [-0.15, -0.1) is 0 Å². The van der Waals surface area contributed by atoms with E-state index in [1.54, 1.807) is 6.07 Å². The smallest absolute Gasteiger partial charge is 0.416 e. The second kappa shape index (κ2) is 10.1. The van der Waals surface area contributed by atoms with Crippen molar-refractivity contribution >= 4 is 16.8 Å². The van der Waals surface area contributed by atoms with Gasteiger partial charge in [-0.1, -0.05) is 24.3 Å². The molecule has 0 fully saturated rings. The second-order valence-electron chi connectivity index (χ2n) is 8.24. The Morgan fingerprint density at radius 3 is 2.13 bits per heavy atom. The SMILES string of the molecule is CC(Oc1ccc(Oc2cc3ccc(C(F)(F)F)cc3o2)cc1)C(=O)C(C#N)c1cccc(C(F)(F)F)c1. The highest BCUT2D eigenvalue weighted by molar-refractivity contribution is 5.92. The molecule has 2 unspecified atom stereocenters. The molecular formula is C27H17F6NO4. The molecule has 0 aliphatic rings. The van der Waals surface area contributed by atoms with E-state index in [1.807, 2.05) is 0 Å². The van der Waals surface area contributed by atoms with Crippen LogP contribution in [-0.2, 0) is 17.1 Å². The van der Waals surface area contributed by atoms with Crippen molar-refractivity contribution in [1.82, 2.24) is 0 Å². The summed E-state index contributed by atoms with van der Waals surface area (Å²) in [7, 11) is 0. The van der Waals surface area contributed by atoms with Crippen LogP contribution in [0.15, 0.2) is 77.2 Å². The second-order valence-corrected chi connectivity index (χ2v) is 8.24. The topological polar surface area (TPSA) is 72.5 Å². The predicted octanol–water partition coefficient (Wildman–Crippen LogP) is 7.91. The van der Waals surface area contributed by atoms with Gasteiger partial charge >= 0.3 is 12.4 Å². The Balaban J connectivity index is 1.43. The number of rotatable bonds is 7. The Morgan fingerprint density at radius 2 is 1.50 bits per heavy atom. The van der Waals surface area contributed by atoms with E-state index < -0.39 is 41.3 Å². The highest BCUT2D eigenvalue weighted by Gasteiger charge is 2.33. The summed E-state index contributed by atoms with van der Waals surface area (Å²) in [6.07, 6.45) is -10.3. The van der Waals surface area contributed by atoms with Crippen molar-refractivity contribution in [1.29, 1.82) is 5.26 Å². The molecule has 0 aliphatic carbocycles.